The van der Waals surface area contributed by atoms with Crippen molar-refractivity contribution in [3.8, 4) is 0 Å². The van der Waals surface area contributed by atoms with E-state index >= 15 is 0 Å². The van der Waals surface area contributed by atoms with E-state index in [9.17, 15) is 4.79 Å². The SMILES string of the molecule is CCN(C[C@H]1CCOC1)C(=O)NCc1cc(Br)cs1. The van der Waals surface area contributed by atoms with Crippen LogP contribution in [0.3, 0.4) is 0 Å². The molecule has 1 N–H and O–H groups in total. The Hall–Kier alpha value is -0.590. The van der Waals surface area contributed by atoms with Crippen molar-refractivity contribution >= 4 is 33.3 Å². The molecular formula is C13H19BrN2O2S. The van der Waals surface area contributed by atoms with Gasteiger partial charge < -0.3 is 15.0 Å². The number of amides is 2. The minimum Gasteiger partial charge on any atom is -0.381 e. The molecule has 2 rings (SSSR count). The number of carbonyl (C=O) groups excluding carboxylic acids is 1. The maximum absolute atomic E-state index is 12.1. The first-order valence-electron chi connectivity index (χ1n) is 6.52. The molecule has 0 saturated carbocycles. The molecule has 1 aromatic rings. The van der Waals surface area contributed by atoms with Gasteiger partial charge in [0.1, 0.15) is 0 Å². The van der Waals surface area contributed by atoms with Crippen LogP contribution in [0.5, 0.6) is 0 Å². The average molecular weight is 347 g/mol. The van der Waals surface area contributed by atoms with Gasteiger partial charge in [0.05, 0.1) is 13.2 Å². The zero-order valence-corrected chi connectivity index (χ0v) is 13.4. The van der Waals surface area contributed by atoms with Crippen molar-refractivity contribution in [3.05, 3.63) is 20.8 Å². The largest absolute Gasteiger partial charge is 0.381 e. The maximum atomic E-state index is 12.1. The number of rotatable bonds is 5. The van der Waals surface area contributed by atoms with Gasteiger partial charge in [-0.1, -0.05) is 0 Å². The van der Waals surface area contributed by atoms with Gasteiger partial charge >= 0.3 is 6.03 Å². The zero-order valence-electron chi connectivity index (χ0n) is 11.0. The monoisotopic (exact) mass is 346 g/mol. The van der Waals surface area contributed by atoms with Gasteiger partial charge in [-0.2, -0.15) is 0 Å². The summed E-state index contributed by atoms with van der Waals surface area (Å²) in [4.78, 5) is 15.1. The van der Waals surface area contributed by atoms with Crippen molar-refractivity contribution in [2.45, 2.75) is 19.9 Å². The van der Waals surface area contributed by atoms with Gasteiger partial charge in [0.2, 0.25) is 0 Å². The molecule has 1 aliphatic heterocycles. The minimum atomic E-state index is 0.0129. The minimum absolute atomic E-state index is 0.0129. The van der Waals surface area contributed by atoms with Crippen LogP contribution in [0.25, 0.3) is 0 Å². The molecule has 1 aromatic heterocycles. The highest BCUT2D eigenvalue weighted by molar-refractivity contribution is 9.10. The van der Waals surface area contributed by atoms with Crippen molar-refractivity contribution < 1.29 is 9.53 Å². The molecule has 1 aliphatic rings. The summed E-state index contributed by atoms with van der Waals surface area (Å²) < 4.78 is 6.42. The molecule has 2 amide bonds. The van der Waals surface area contributed by atoms with E-state index in [-0.39, 0.29) is 6.03 Å². The van der Waals surface area contributed by atoms with E-state index in [1.165, 1.54) is 0 Å². The normalized spacial score (nSPS) is 18.5. The molecule has 0 aromatic carbocycles. The van der Waals surface area contributed by atoms with Gasteiger partial charge in [-0.3, -0.25) is 0 Å². The van der Waals surface area contributed by atoms with E-state index in [2.05, 4.69) is 21.2 Å². The number of nitrogens with zero attached hydrogens (tertiary/aromatic N) is 1. The van der Waals surface area contributed by atoms with Crippen molar-refractivity contribution in [1.29, 1.82) is 0 Å². The predicted octanol–water partition coefficient (Wildman–Crippen LogP) is 3.08. The quantitative estimate of drug-likeness (QED) is 0.889. The Morgan fingerprint density at radius 3 is 3.11 bits per heavy atom. The maximum Gasteiger partial charge on any atom is 0.317 e. The molecular weight excluding hydrogens is 328 g/mol. The number of halogens is 1. The van der Waals surface area contributed by atoms with Crippen LogP contribution < -0.4 is 5.32 Å². The standard InChI is InChI=1S/C13H19BrN2O2S/c1-2-16(7-10-3-4-18-8-10)13(17)15-6-12-5-11(14)9-19-12/h5,9-10H,2-4,6-8H2,1H3,(H,15,17)/t10-/m1/s1. The molecule has 1 fully saturated rings. The summed E-state index contributed by atoms with van der Waals surface area (Å²) in [5, 5.41) is 5.00. The summed E-state index contributed by atoms with van der Waals surface area (Å²) in [6, 6.07) is 2.05. The number of urea groups is 1. The fourth-order valence-electron chi connectivity index (χ4n) is 2.12. The van der Waals surface area contributed by atoms with E-state index in [0.29, 0.717) is 12.5 Å². The molecule has 0 spiro atoms. The second-order valence-electron chi connectivity index (χ2n) is 4.66. The number of carbonyl (C=O) groups is 1. The third-order valence-corrected chi connectivity index (χ3v) is 4.90. The highest BCUT2D eigenvalue weighted by atomic mass is 79.9. The Morgan fingerprint density at radius 2 is 2.53 bits per heavy atom. The molecule has 0 unspecified atom stereocenters. The van der Waals surface area contributed by atoms with Gasteiger partial charge in [-0.15, -0.1) is 11.3 Å². The van der Waals surface area contributed by atoms with E-state index < -0.39 is 0 Å². The topological polar surface area (TPSA) is 41.6 Å². The summed E-state index contributed by atoms with van der Waals surface area (Å²) in [6.07, 6.45) is 1.06. The second-order valence-corrected chi connectivity index (χ2v) is 6.57. The summed E-state index contributed by atoms with van der Waals surface area (Å²) >= 11 is 5.06. The number of hydrogen-bond donors (Lipinski definition) is 1. The lowest BCUT2D eigenvalue weighted by Gasteiger charge is -2.23. The zero-order chi connectivity index (χ0) is 13.7. The van der Waals surface area contributed by atoms with Crippen molar-refractivity contribution in [2.24, 2.45) is 5.92 Å². The van der Waals surface area contributed by atoms with Gasteiger partial charge in [0.15, 0.2) is 0 Å². The molecule has 19 heavy (non-hydrogen) atoms. The van der Waals surface area contributed by atoms with Crippen molar-refractivity contribution in [3.63, 3.8) is 0 Å². The summed E-state index contributed by atoms with van der Waals surface area (Å²) in [5.41, 5.74) is 0. The van der Waals surface area contributed by atoms with Gasteiger partial charge in [0.25, 0.3) is 0 Å². The first kappa shape index (κ1) is 14.8. The van der Waals surface area contributed by atoms with E-state index in [1.807, 2.05) is 23.3 Å². The van der Waals surface area contributed by atoms with Crippen LogP contribution in [0.2, 0.25) is 0 Å². The molecule has 0 radical (unpaired) electrons. The van der Waals surface area contributed by atoms with Gasteiger partial charge in [-0.25, -0.2) is 4.79 Å². The number of ether oxygens (including phenoxy) is 1. The van der Waals surface area contributed by atoms with Crippen LogP contribution in [-0.2, 0) is 11.3 Å². The number of thiophene rings is 1. The Balaban J connectivity index is 1.79. The van der Waals surface area contributed by atoms with Gasteiger partial charge in [-0.05, 0) is 35.3 Å². The molecule has 2 heterocycles. The third-order valence-electron chi connectivity index (χ3n) is 3.21. The Kier molecular flexibility index (Phi) is 5.66. The van der Waals surface area contributed by atoms with Crippen LogP contribution in [-0.4, -0.2) is 37.2 Å². The Bertz CT molecular complexity index is 419. The van der Waals surface area contributed by atoms with Crippen LogP contribution in [0, 0.1) is 5.92 Å². The Morgan fingerprint density at radius 1 is 1.68 bits per heavy atom. The van der Waals surface area contributed by atoms with E-state index in [4.69, 9.17) is 4.74 Å². The first-order chi connectivity index (χ1) is 9.19. The lowest BCUT2D eigenvalue weighted by molar-refractivity contribution is 0.166. The first-order valence-corrected chi connectivity index (χ1v) is 8.19. The van der Waals surface area contributed by atoms with Crippen molar-refractivity contribution in [2.75, 3.05) is 26.3 Å². The molecule has 0 bridgehead atoms. The van der Waals surface area contributed by atoms with Crippen LogP contribution >= 0.6 is 27.3 Å². The van der Waals surface area contributed by atoms with Crippen LogP contribution in [0.1, 0.15) is 18.2 Å². The molecule has 106 valence electrons. The predicted molar refractivity (Wildman–Crippen MR) is 80.4 cm³/mol. The summed E-state index contributed by atoms with van der Waals surface area (Å²) in [6.45, 7) is 5.73. The summed E-state index contributed by atoms with van der Waals surface area (Å²) in [5.74, 6) is 0.488. The molecule has 1 atom stereocenters. The fraction of sp³-hybridized carbons (Fsp3) is 0.615. The number of nitrogens with one attached hydrogen (secondary N) is 1. The fourth-order valence-corrected chi connectivity index (χ4v) is 3.51. The highest BCUT2D eigenvalue weighted by Crippen LogP contribution is 2.19. The molecule has 0 aliphatic carbocycles. The third kappa shape index (κ3) is 4.47. The molecule has 6 heteroatoms. The lowest BCUT2D eigenvalue weighted by atomic mass is 10.1. The highest BCUT2D eigenvalue weighted by Gasteiger charge is 2.21. The van der Waals surface area contributed by atoms with Gasteiger partial charge in [0, 0.05) is 40.3 Å². The lowest BCUT2D eigenvalue weighted by Crippen LogP contribution is -2.42. The van der Waals surface area contributed by atoms with E-state index in [1.54, 1.807) is 11.3 Å². The van der Waals surface area contributed by atoms with Crippen molar-refractivity contribution in [1.82, 2.24) is 10.2 Å². The Labute approximate surface area is 126 Å². The van der Waals surface area contributed by atoms with Crippen LogP contribution in [0.15, 0.2) is 15.9 Å². The van der Waals surface area contributed by atoms with Crippen LogP contribution in [0.4, 0.5) is 4.79 Å². The number of hydrogen-bond acceptors (Lipinski definition) is 3. The second kappa shape index (κ2) is 7.26. The molecule has 1 saturated heterocycles. The summed E-state index contributed by atoms with van der Waals surface area (Å²) in [7, 11) is 0. The average Bonchev–Trinajstić information content (AvgIpc) is 3.04. The smallest absolute Gasteiger partial charge is 0.317 e. The molecule has 4 nitrogen and oxygen atoms in total. The van der Waals surface area contributed by atoms with E-state index in [0.717, 1.165) is 42.1 Å².